The van der Waals surface area contributed by atoms with Gasteiger partial charge in [-0.3, -0.25) is 9.48 Å². The van der Waals surface area contributed by atoms with E-state index in [0.29, 0.717) is 11.4 Å². The first-order valence-electron chi connectivity index (χ1n) is 6.94. The number of benzene rings is 2. The van der Waals surface area contributed by atoms with E-state index in [2.05, 4.69) is 15.7 Å². The standard InChI is InChI=1S/C17H16N4O/c1-21-12-11-16(20-21)19-17(22)14-9-5-6-10-15(14)18-13-7-3-2-4-8-13/h2-12,18H,1H3,(H,19,20,22). The summed E-state index contributed by atoms with van der Waals surface area (Å²) >= 11 is 0. The number of nitrogens with one attached hydrogen (secondary N) is 2. The van der Waals surface area contributed by atoms with E-state index in [4.69, 9.17) is 0 Å². The second-order valence-electron chi connectivity index (χ2n) is 4.87. The van der Waals surface area contributed by atoms with Crippen molar-refractivity contribution in [2.45, 2.75) is 0 Å². The van der Waals surface area contributed by atoms with E-state index in [1.165, 1.54) is 0 Å². The Bertz CT molecular complexity index is 780. The monoisotopic (exact) mass is 292 g/mol. The van der Waals surface area contributed by atoms with Gasteiger partial charge < -0.3 is 10.6 Å². The highest BCUT2D eigenvalue weighted by Gasteiger charge is 2.12. The number of aryl methyl sites for hydroxylation is 1. The zero-order chi connectivity index (χ0) is 15.4. The summed E-state index contributed by atoms with van der Waals surface area (Å²) in [4.78, 5) is 12.4. The van der Waals surface area contributed by atoms with E-state index in [1.54, 1.807) is 30.1 Å². The van der Waals surface area contributed by atoms with Gasteiger partial charge in [0, 0.05) is 25.0 Å². The predicted octanol–water partition coefficient (Wildman–Crippen LogP) is 3.42. The quantitative estimate of drug-likeness (QED) is 0.774. The van der Waals surface area contributed by atoms with E-state index < -0.39 is 0 Å². The molecule has 0 aliphatic heterocycles. The highest BCUT2D eigenvalue weighted by molar-refractivity contribution is 6.08. The van der Waals surface area contributed by atoms with Crippen molar-refractivity contribution in [3.63, 3.8) is 0 Å². The molecule has 1 aromatic heterocycles. The van der Waals surface area contributed by atoms with E-state index in [1.807, 2.05) is 48.5 Å². The van der Waals surface area contributed by atoms with Crippen LogP contribution in [0.3, 0.4) is 0 Å². The fourth-order valence-corrected chi connectivity index (χ4v) is 2.13. The summed E-state index contributed by atoms with van der Waals surface area (Å²) in [6, 6.07) is 18.9. The van der Waals surface area contributed by atoms with Crippen molar-refractivity contribution in [3.8, 4) is 0 Å². The van der Waals surface area contributed by atoms with E-state index in [-0.39, 0.29) is 5.91 Å². The van der Waals surface area contributed by atoms with Crippen LogP contribution in [-0.4, -0.2) is 15.7 Å². The molecule has 0 atom stereocenters. The molecule has 1 heterocycles. The summed E-state index contributed by atoms with van der Waals surface area (Å²) in [5.41, 5.74) is 2.25. The Labute approximate surface area is 128 Å². The van der Waals surface area contributed by atoms with Crippen molar-refractivity contribution in [1.29, 1.82) is 0 Å². The molecular formula is C17H16N4O. The van der Waals surface area contributed by atoms with Crippen molar-refractivity contribution in [2.24, 2.45) is 7.05 Å². The number of hydrogen-bond donors (Lipinski definition) is 2. The smallest absolute Gasteiger partial charge is 0.258 e. The molecule has 2 N–H and O–H groups in total. The maximum Gasteiger partial charge on any atom is 0.258 e. The molecule has 3 aromatic rings. The van der Waals surface area contributed by atoms with Crippen LogP contribution >= 0.6 is 0 Å². The van der Waals surface area contributed by atoms with Gasteiger partial charge in [-0.25, -0.2) is 0 Å². The van der Waals surface area contributed by atoms with Crippen LogP contribution < -0.4 is 10.6 Å². The minimum absolute atomic E-state index is 0.197. The van der Waals surface area contributed by atoms with Gasteiger partial charge in [0.25, 0.3) is 5.91 Å². The maximum atomic E-state index is 12.4. The van der Waals surface area contributed by atoms with Crippen LogP contribution in [0.25, 0.3) is 0 Å². The molecule has 1 amide bonds. The average Bonchev–Trinajstić information content (AvgIpc) is 2.94. The number of amides is 1. The highest BCUT2D eigenvalue weighted by atomic mass is 16.1. The summed E-state index contributed by atoms with van der Waals surface area (Å²) in [5.74, 6) is 0.333. The van der Waals surface area contributed by atoms with Crippen molar-refractivity contribution >= 4 is 23.1 Å². The molecule has 0 fully saturated rings. The minimum Gasteiger partial charge on any atom is -0.355 e. The minimum atomic E-state index is -0.197. The number of carbonyl (C=O) groups excluding carboxylic acids is 1. The first kappa shape index (κ1) is 13.9. The second kappa shape index (κ2) is 6.13. The van der Waals surface area contributed by atoms with Gasteiger partial charge in [0.15, 0.2) is 5.82 Å². The summed E-state index contributed by atoms with van der Waals surface area (Å²) in [5, 5.41) is 10.2. The lowest BCUT2D eigenvalue weighted by atomic mass is 10.1. The van der Waals surface area contributed by atoms with Crippen LogP contribution in [0.4, 0.5) is 17.2 Å². The number of carbonyl (C=O) groups is 1. The molecular weight excluding hydrogens is 276 g/mol. The van der Waals surface area contributed by atoms with Crippen molar-refractivity contribution in [1.82, 2.24) is 9.78 Å². The molecule has 0 aliphatic rings. The third-order valence-electron chi connectivity index (χ3n) is 3.18. The van der Waals surface area contributed by atoms with Gasteiger partial charge in [-0.2, -0.15) is 5.10 Å². The molecule has 5 nitrogen and oxygen atoms in total. The lowest BCUT2D eigenvalue weighted by molar-refractivity contribution is 0.102. The van der Waals surface area contributed by atoms with Gasteiger partial charge in [0.05, 0.1) is 11.3 Å². The highest BCUT2D eigenvalue weighted by Crippen LogP contribution is 2.21. The summed E-state index contributed by atoms with van der Waals surface area (Å²) in [6.45, 7) is 0. The van der Waals surface area contributed by atoms with Gasteiger partial charge in [-0.05, 0) is 24.3 Å². The fourth-order valence-electron chi connectivity index (χ4n) is 2.13. The first-order chi connectivity index (χ1) is 10.7. The SMILES string of the molecule is Cn1ccc(NC(=O)c2ccccc2Nc2ccccc2)n1. The molecule has 0 unspecified atom stereocenters. The maximum absolute atomic E-state index is 12.4. The first-order valence-corrected chi connectivity index (χ1v) is 6.94. The molecule has 0 saturated carbocycles. The van der Waals surface area contributed by atoms with Gasteiger partial charge in [-0.1, -0.05) is 30.3 Å². The molecule has 0 radical (unpaired) electrons. The Kier molecular flexibility index (Phi) is 3.87. The van der Waals surface area contributed by atoms with Crippen LogP contribution in [0.1, 0.15) is 10.4 Å². The van der Waals surface area contributed by atoms with Crippen LogP contribution in [0, 0.1) is 0 Å². The molecule has 5 heteroatoms. The summed E-state index contributed by atoms with van der Waals surface area (Å²) < 4.78 is 1.64. The molecule has 0 aliphatic carbocycles. The van der Waals surface area contributed by atoms with Crippen molar-refractivity contribution < 1.29 is 4.79 Å². The molecule has 0 spiro atoms. The summed E-state index contributed by atoms with van der Waals surface area (Å²) in [6.07, 6.45) is 1.78. The molecule has 3 rings (SSSR count). The van der Waals surface area contributed by atoms with Crippen molar-refractivity contribution in [3.05, 3.63) is 72.4 Å². The molecule has 110 valence electrons. The van der Waals surface area contributed by atoms with Gasteiger partial charge >= 0.3 is 0 Å². The lowest BCUT2D eigenvalue weighted by Gasteiger charge is -2.11. The Morgan fingerprint density at radius 1 is 1.00 bits per heavy atom. The number of hydrogen-bond acceptors (Lipinski definition) is 3. The average molecular weight is 292 g/mol. The largest absolute Gasteiger partial charge is 0.355 e. The Balaban J connectivity index is 1.83. The number of aromatic nitrogens is 2. The van der Waals surface area contributed by atoms with E-state index >= 15 is 0 Å². The van der Waals surface area contributed by atoms with Gasteiger partial charge in [-0.15, -0.1) is 0 Å². The Hall–Kier alpha value is -3.08. The number of anilines is 3. The van der Waals surface area contributed by atoms with Gasteiger partial charge in [0.1, 0.15) is 0 Å². The molecule has 0 bridgehead atoms. The zero-order valence-electron chi connectivity index (χ0n) is 12.2. The normalized spacial score (nSPS) is 10.2. The Morgan fingerprint density at radius 3 is 2.45 bits per heavy atom. The van der Waals surface area contributed by atoms with Crippen LogP contribution in [0.15, 0.2) is 66.9 Å². The number of nitrogens with zero attached hydrogens (tertiary/aromatic N) is 2. The second-order valence-corrected chi connectivity index (χ2v) is 4.87. The number of para-hydroxylation sites is 2. The third-order valence-corrected chi connectivity index (χ3v) is 3.18. The topological polar surface area (TPSA) is 59.0 Å². The van der Waals surface area contributed by atoms with E-state index in [0.717, 1.165) is 11.4 Å². The van der Waals surface area contributed by atoms with Gasteiger partial charge in [0.2, 0.25) is 0 Å². The van der Waals surface area contributed by atoms with Crippen LogP contribution in [0.5, 0.6) is 0 Å². The van der Waals surface area contributed by atoms with E-state index in [9.17, 15) is 4.79 Å². The van der Waals surface area contributed by atoms with Crippen molar-refractivity contribution in [2.75, 3.05) is 10.6 Å². The zero-order valence-corrected chi connectivity index (χ0v) is 12.2. The number of rotatable bonds is 4. The summed E-state index contributed by atoms with van der Waals surface area (Å²) in [7, 11) is 1.81. The third kappa shape index (κ3) is 3.15. The van der Waals surface area contributed by atoms with Crippen LogP contribution in [0.2, 0.25) is 0 Å². The Morgan fingerprint density at radius 2 is 1.73 bits per heavy atom. The predicted molar refractivity (Wildman–Crippen MR) is 87.3 cm³/mol. The lowest BCUT2D eigenvalue weighted by Crippen LogP contribution is -2.14. The molecule has 0 saturated heterocycles. The molecule has 2 aromatic carbocycles. The molecule has 22 heavy (non-hydrogen) atoms. The fraction of sp³-hybridized carbons (Fsp3) is 0.0588. The van der Waals surface area contributed by atoms with Crippen LogP contribution in [-0.2, 0) is 7.05 Å².